The summed E-state index contributed by atoms with van der Waals surface area (Å²) in [6, 6.07) is 14.3. The van der Waals surface area contributed by atoms with Crippen LogP contribution in [0.5, 0.6) is 0 Å². The van der Waals surface area contributed by atoms with Crippen LogP contribution in [-0.2, 0) is 12.7 Å². The number of imidazole rings is 2. The van der Waals surface area contributed by atoms with E-state index in [1.54, 1.807) is 29.1 Å². The molecule has 0 aliphatic rings. The lowest BCUT2D eigenvalue weighted by atomic mass is 10.0. The molecule has 194 valence electrons. The average molecular weight is 519 g/mol. The molecular formula is C28H25F3N6O. The number of nitrogens with one attached hydrogen (secondary N) is 1. The number of rotatable bonds is 6. The van der Waals surface area contributed by atoms with Gasteiger partial charge in [0.2, 0.25) is 0 Å². The van der Waals surface area contributed by atoms with E-state index in [1.807, 2.05) is 60.8 Å². The zero-order chi connectivity index (χ0) is 27.0. The topological polar surface area (TPSA) is 67.5 Å². The lowest BCUT2D eigenvalue weighted by Gasteiger charge is -2.16. The number of benzene rings is 2. The van der Waals surface area contributed by atoms with Crippen LogP contribution in [0.4, 0.5) is 18.9 Å². The first-order valence-electron chi connectivity index (χ1n) is 11.8. The highest BCUT2D eigenvalue weighted by molar-refractivity contribution is 6.05. The van der Waals surface area contributed by atoms with Crippen molar-refractivity contribution in [3.63, 3.8) is 0 Å². The van der Waals surface area contributed by atoms with Crippen LogP contribution < -0.4 is 5.32 Å². The van der Waals surface area contributed by atoms with Crippen molar-refractivity contribution in [2.24, 2.45) is 0 Å². The highest BCUT2D eigenvalue weighted by Gasteiger charge is 2.32. The Morgan fingerprint density at radius 1 is 1.03 bits per heavy atom. The fourth-order valence-electron chi connectivity index (χ4n) is 4.33. The first kappa shape index (κ1) is 25.2. The summed E-state index contributed by atoms with van der Waals surface area (Å²) in [6.07, 6.45) is 2.15. The Morgan fingerprint density at radius 3 is 2.61 bits per heavy atom. The van der Waals surface area contributed by atoms with Gasteiger partial charge >= 0.3 is 6.18 Å². The fraction of sp³-hybridized carbons (Fsp3) is 0.179. The van der Waals surface area contributed by atoms with Crippen molar-refractivity contribution in [3.8, 4) is 16.9 Å². The highest BCUT2D eigenvalue weighted by atomic mass is 19.4. The molecule has 0 radical (unpaired) electrons. The largest absolute Gasteiger partial charge is 0.416 e. The number of hydrogen-bond acceptors (Lipinski definition) is 4. The van der Waals surface area contributed by atoms with Gasteiger partial charge in [0.05, 0.1) is 24.0 Å². The van der Waals surface area contributed by atoms with Crippen LogP contribution >= 0.6 is 0 Å². The first-order valence-corrected chi connectivity index (χ1v) is 11.8. The number of aryl methyl sites for hydroxylation is 1. The van der Waals surface area contributed by atoms with Gasteiger partial charge in [-0.05, 0) is 69.0 Å². The van der Waals surface area contributed by atoms with Crippen molar-refractivity contribution < 1.29 is 18.0 Å². The van der Waals surface area contributed by atoms with Crippen LogP contribution in [0.1, 0.15) is 27.3 Å². The quantitative estimate of drug-likeness (QED) is 0.307. The molecule has 0 saturated carbocycles. The second kappa shape index (κ2) is 9.79. The standard InChI is InChI=1S/C28H25F3N6O/c1-18-7-8-19(12-23(18)24-16-33-25-6-4-5-10-37(24)25)27(38)34-21-13-20(28(29,30)31)14-22(15-21)36-11-9-32-26(36)17-35(2)3/h4-16H,17H2,1-3H3,(H,34,38). The minimum absolute atomic E-state index is 0.0289. The van der Waals surface area contributed by atoms with E-state index in [9.17, 15) is 18.0 Å². The number of alkyl halides is 3. The number of halogens is 3. The molecule has 0 aliphatic heterocycles. The van der Waals surface area contributed by atoms with E-state index in [-0.39, 0.29) is 11.4 Å². The summed E-state index contributed by atoms with van der Waals surface area (Å²) in [5.74, 6) is 0.0484. The van der Waals surface area contributed by atoms with E-state index < -0.39 is 17.6 Å². The van der Waals surface area contributed by atoms with Crippen LogP contribution in [0.25, 0.3) is 22.6 Å². The number of carbonyl (C=O) groups is 1. The third-order valence-electron chi connectivity index (χ3n) is 6.15. The molecule has 0 saturated heterocycles. The number of pyridine rings is 1. The number of anilines is 1. The normalized spacial score (nSPS) is 11.9. The Bertz CT molecular complexity index is 1630. The van der Waals surface area contributed by atoms with Crippen molar-refractivity contribution in [1.29, 1.82) is 0 Å². The molecule has 38 heavy (non-hydrogen) atoms. The Kier molecular flexibility index (Phi) is 6.50. The first-order chi connectivity index (χ1) is 18.1. The Hall–Kier alpha value is -4.44. The van der Waals surface area contributed by atoms with E-state index in [2.05, 4.69) is 15.3 Å². The molecule has 2 aromatic carbocycles. The molecule has 3 aromatic heterocycles. The molecule has 0 atom stereocenters. The van der Waals surface area contributed by atoms with Gasteiger partial charge in [0.15, 0.2) is 0 Å². The molecule has 5 aromatic rings. The molecule has 0 unspecified atom stereocenters. The summed E-state index contributed by atoms with van der Waals surface area (Å²) >= 11 is 0. The van der Waals surface area contributed by atoms with Crippen molar-refractivity contribution in [3.05, 3.63) is 102 Å². The second-order valence-electron chi connectivity index (χ2n) is 9.27. The Balaban J connectivity index is 1.51. The maximum atomic E-state index is 13.8. The molecule has 5 rings (SSSR count). The lowest BCUT2D eigenvalue weighted by Crippen LogP contribution is -2.16. The summed E-state index contributed by atoms with van der Waals surface area (Å²) in [5.41, 5.74) is 3.02. The van der Waals surface area contributed by atoms with Crippen LogP contribution in [0.3, 0.4) is 0 Å². The van der Waals surface area contributed by atoms with Gasteiger partial charge in [-0.3, -0.25) is 9.20 Å². The Morgan fingerprint density at radius 2 is 1.84 bits per heavy atom. The van der Waals surface area contributed by atoms with E-state index in [1.165, 1.54) is 12.3 Å². The summed E-state index contributed by atoms with van der Waals surface area (Å²) < 4.78 is 44.9. The number of hydrogen-bond donors (Lipinski definition) is 1. The monoisotopic (exact) mass is 518 g/mol. The van der Waals surface area contributed by atoms with Crippen LogP contribution in [-0.4, -0.2) is 43.8 Å². The Labute approximate surface area is 217 Å². The molecule has 10 heteroatoms. The molecular weight excluding hydrogens is 493 g/mol. The summed E-state index contributed by atoms with van der Waals surface area (Å²) in [7, 11) is 3.69. The second-order valence-corrected chi connectivity index (χ2v) is 9.27. The molecule has 0 fully saturated rings. The van der Waals surface area contributed by atoms with Crippen molar-refractivity contribution in [2.45, 2.75) is 19.6 Å². The summed E-state index contributed by atoms with van der Waals surface area (Å²) in [6.45, 7) is 2.36. The maximum Gasteiger partial charge on any atom is 0.416 e. The molecule has 1 amide bonds. The number of fused-ring (bicyclic) bond motifs is 1. The van der Waals surface area contributed by atoms with Gasteiger partial charge in [0.1, 0.15) is 11.5 Å². The summed E-state index contributed by atoms with van der Waals surface area (Å²) in [5, 5.41) is 2.66. The van der Waals surface area contributed by atoms with Gasteiger partial charge in [-0.1, -0.05) is 12.1 Å². The van der Waals surface area contributed by atoms with E-state index in [4.69, 9.17) is 0 Å². The number of aromatic nitrogens is 4. The van der Waals surface area contributed by atoms with Crippen LogP contribution in [0.2, 0.25) is 0 Å². The van der Waals surface area contributed by atoms with Gasteiger partial charge < -0.3 is 14.8 Å². The zero-order valence-electron chi connectivity index (χ0n) is 21.0. The van der Waals surface area contributed by atoms with Gasteiger partial charge in [0.25, 0.3) is 5.91 Å². The smallest absolute Gasteiger partial charge is 0.322 e. The average Bonchev–Trinajstić information content (AvgIpc) is 3.50. The minimum atomic E-state index is -4.60. The number of nitrogens with zero attached hydrogens (tertiary/aromatic N) is 5. The highest BCUT2D eigenvalue weighted by Crippen LogP contribution is 2.34. The fourth-order valence-corrected chi connectivity index (χ4v) is 4.33. The molecule has 0 aliphatic carbocycles. The van der Waals surface area contributed by atoms with Gasteiger partial charge in [0, 0.05) is 41.1 Å². The summed E-state index contributed by atoms with van der Waals surface area (Å²) in [4.78, 5) is 23.8. The SMILES string of the molecule is Cc1ccc(C(=O)Nc2cc(-n3ccnc3CN(C)C)cc(C(F)(F)F)c2)cc1-c1cnc2ccccn12. The molecule has 3 heterocycles. The van der Waals surface area contributed by atoms with Crippen LogP contribution in [0.15, 0.2) is 79.4 Å². The van der Waals surface area contributed by atoms with Gasteiger partial charge in [-0.2, -0.15) is 13.2 Å². The van der Waals surface area contributed by atoms with E-state index in [0.717, 1.165) is 34.6 Å². The van der Waals surface area contributed by atoms with Crippen molar-refractivity contribution >= 4 is 17.2 Å². The third-order valence-corrected chi connectivity index (χ3v) is 6.15. The zero-order valence-corrected chi connectivity index (χ0v) is 21.0. The predicted molar refractivity (Wildman–Crippen MR) is 139 cm³/mol. The number of carbonyl (C=O) groups excluding carboxylic acids is 1. The molecule has 1 N–H and O–H groups in total. The maximum absolute atomic E-state index is 13.8. The van der Waals surface area contributed by atoms with Gasteiger partial charge in [-0.15, -0.1) is 0 Å². The molecule has 0 bridgehead atoms. The molecule has 0 spiro atoms. The minimum Gasteiger partial charge on any atom is -0.322 e. The van der Waals surface area contributed by atoms with Gasteiger partial charge in [-0.25, -0.2) is 9.97 Å². The number of amides is 1. The third kappa shape index (κ3) is 5.03. The lowest BCUT2D eigenvalue weighted by molar-refractivity contribution is -0.137. The van der Waals surface area contributed by atoms with Crippen LogP contribution in [0, 0.1) is 6.92 Å². The van der Waals surface area contributed by atoms with E-state index in [0.29, 0.717) is 17.9 Å². The van der Waals surface area contributed by atoms with Crippen molar-refractivity contribution in [1.82, 2.24) is 23.8 Å². The van der Waals surface area contributed by atoms with Crippen molar-refractivity contribution in [2.75, 3.05) is 19.4 Å². The van der Waals surface area contributed by atoms with E-state index >= 15 is 0 Å². The molecule has 7 nitrogen and oxygen atoms in total. The predicted octanol–water partition coefficient (Wildman–Crippen LogP) is 5.83.